The van der Waals surface area contributed by atoms with Crippen molar-refractivity contribution in [3.05, 3.63) is 60.0 Å². The van der Waals surface area contributed by atoms with Gasteiger partial charge in [-0.1, -0.05) is 45.0 Å². The van der Waals surface area contributed by atoms with Crippen LogP contribution in [0.1, 0.15) is 26.3 Å². The molecule has 0 bridgehead atoms. The van der Waals surface area contributed by atoms with Gasteiger partial charge < -0.3 is 4.74 Å². The normalized spacial score (nSPS) is 11.7. The van der Waals surface area contributed by atoms with Crippen LogP contribution in [0.5, 0.6) is 5.75 Å². The van der Waals surface area contributed by atoms with E-state index in [1.54, 1.807) is 7.11 Å². The number of aromatic nitrogens is 1. The molecule has 2 aromatic carbocycles. The summed E-state index contributed by atoms with van der Waals surface area (Å²) in [6, 6.07) is 15.3. The highest BCUT2D eigenvalue weighted by molar-refractivity contribution is 5.85. The molecular formula is C20H20FNO. The molecule has 1 aromatic heterocycles. The Kier molecular flexibility index (Phi) is 3.80. The summed E-state index contributed by atoms with van der Waals surface area (Å²) < 4.78 is 20.0. The molecule has 0 saturated heterocycles. The van der Waals surface area contributed by atoms with Gasteiger partial charge in [-0.2, -0.15) is 4.39 Å². The Morgan fingerprint density at radius 1 is 0.957 bits per heavy atom. The number of fused-ring (bicyclic) bond motifs is 1. The lowest BCUT2D eigenvalue weighted by atomic mass is 9.85. The van der Waals surface area contributed by atoms with E-state index < -0.39 is 5.95 Å². The number of nitrogens with zero attached hydrogens (tertiary/aromatic N) is 1. The van der Waals surface area contributed by atoms with Gasteiger partial charge in [0.15, 0.2) is 0 Å². The topological polar surface area (TPSA) is 22.1 Å². The van der Waals surface area contributed by atoms with E-state index in [-0.39, 0.29) is 5.41 Å². The van der Waals surface area contributed by atoms with Gasteiger partial charge in [-0.25, -0.2) is 4.98 Å². The molecule has 0 N–H and O–H groups in total. The molecule has 23 heavy (non-hydrogen) atoms. The maximum absolute atomic E-state index is 14.6. The molecular weight excluding hydrogens is 289 g/mol. The molecule has 0 aliphatic carbocycles. The number of pyridine rings is 1. The summed E-state index contributed by atoms with van der Waals surface area (Å²) in [6.45, 7) is 6.40. The van der Waals surface area contributed by atoms with Crippen molar-refractivity contribution in [3.63, 3.8) is 0 Å². The van der Waals surface area contributed by atoms with Gasteiger partial charge in [-0.05, 0) is 35.2 Å². The number of hydrogen-bond acceptors (Lipinski definition) is 2. The van der Waals surface area contributed by atoms with Gasteiger partial charge in [0.25, 0.3) is 0 Å². The molecule has 3 aromatic rings. The predicted octanol–water partition coefficient (Wildman–Crippen LogP) is 5.35. The minimum Gasteiger partial charge on any atom is -0.496 e. The van der Waals surface area contributed by atoms with Gasteiger partial charge in [-0.3, -0.25) is 0 Å². The van der Waals surface area contributed by atoms with Crippen molar-refractivity contribution < 1.29 is 9.13 Å². The standard InChI is InChI=1S/C20H20FNO/c1-20(2,3)14-9-10-18(23-4)15(12-14)16-11-13-7-5-6-8-17(13)22-19(16)21/h5-12H,1-4H3. The molecule has 0 spiro atoms. The Morgan fingerprint density at radius 3 is 2.39 bits per heavy atom. The van der Waals surface area contributed by atoms with E-state index in [1.807, 2.05) is 48.5 Å². The van der Waals surface area contributed by atoms with Crippen molar-refractivity contribution in [2.75, 3.05) is 7.11 Å². The Morgan fingerprint density at radius 2 is 1.70 bits per heavy atom. The average Bonchev–Trinajstić information content (AvgIpc) is 2.52. The lowest BCUT2D eigenvalue weighted by Crippen LogP contribution is -2.11. The van der Waals surface area contributed by atoms with E-state index in [0.717, 1.165) is 16.5 Å². The zero-order valence-electron chi connectivity index (χ0n) is 13.9. The van der Waals surface area contributed by atoms with Crippen LogP contribution in [0.25, 0.3) is 22.0 Å². The minimum absolute atomic E-state index is 0.0260. The van der Waals surface area contributed by atoms with Crippen LogP contribution >= 0.6 is 0 Å². The maximum atomic E-state index is 14.6. The molecule has 3 rings (SSSR count). The fourth-order valence-electron chi connectivity index (χ4n) is 2.67. The molecule has 0 fully saturated rings. The second-order valence-corrected chi connectivity index (χ2v) is 6.68. The van der Waals surface area contributed by atoms with Gasteiger partial charge in [0, 0.05) is 16.5 Å². The fourth-order valence-corrected chi connectivity index (χ4v) is 2.67. The van der Waals surface area contributed by atoms with Gasteiger partial charge in [0.05, 0.1) is 12.6 Å². The minimum atomic E-state index is -0.479. The molecule has 0 radical (unpaired) electrons. The molecule has 3 heteroatoms. The van der Waals surface area contributed by atoms with Crippen LogP contribution in [0.3, 0.4) is 0 Å². The Bertz CT molecular complexity index is 865. The number of methoxy groups -OCH3 is 1. The van der Waals surface area contributed by atoms with Crippen molar-refractivity contribution in [1.29, 1.82) is 0 Å². The van der Waals surface area contributed by atoms with E-state index in [0.29, 0.717) is 16.8 Å². The monoisotopic (exact) mass is 309 g/mol. The molecule has 0 aliphatic heterocycles. The number of benzene rings is 2. The summed E-state index contributed by atoms with van der Waals surface area (Å²) in [7, 11) is 1.60. The first-order chi connectivity index (χ1) is 10.9. The van der Waals surface area contributed by atoms with Crippen molar-refractivity contribution >= 4 is 10.9 Å². The lowest BCUT2D eigenvalue weighted by molar-refractivity contribution is 0.415. The van der Waals surface area contributed by atoms with Crippen molar-refractivity contribution in [2.45, 2.75) is 26.2 Å². The van der Waals surface area contributed by atoms with Crippen LogP contribution in [0, 0.1) is 5.95 Å². The number of halogens is 1. The number of para-hydroxylation sites is 1. The van der Waals surface area contributed by atoms with Gasteiger partial charge in [-0.15, -0.1) is 0 Å². The molecule has 2 nitrogen and oxygen atoms in total. The molecule has 0 atom stereocenters. The summed E-state index contributed by atoms with van der Waals surface area (Å²) >= 11 is 0. The maximum Gasteiger partial charge on any atom is 0.221 e. The van der Waals surface area contributed by atoms with E-state index >= 15 is 0 Å². The third-order valence-electron chi connectivity index (χ3n) is 4.03. The second-order valence-electron chi connectivity index (χ2n) is 6.68. The largest absolute Gasteiger partial charge is 0.496 e. The summed E-state index contributed by atoms with van der Waals surface area (Å²) in [5.41, 5.74) is 2.95. The third-order valence-corrected chi connectivity index (χ3v) is 4.03. The smallest absolute Gasteiger partial charge is 0.221 e. The molecule has 0 aliphatic rings. The number of hydrogen-bond donors (Lipinski definition) is 0. The first-order valence-corrected chi connectivity index (χ1v) is 7.64. The van der Waals surface area contributed by atoms with Crippen molar-refractivity contribution in [2.24, 2.45) is 0 Å². The third kappa shape index (κ3) is 2.91. The average molecular weight is 309 g/mol. The zero-order chi connectivity index (χ0) is 16.6. The van der Waals surface area contributed by atoms with E-state index in [1.165, 1.54) is 0 Å². The second kappa shape index (κ2) is 5.65. The van der Waals surface area contributed by atoms with Crippen LogP contribution in [-0.2, 0) is 5.41 Å². The highest BCUT2D eigenvalue weighted by Gasteiger charge is 2.19. The van der Waals surface area contributed by atoms with Crippen LogP contribution in [0.15, 0.2) is 48.5 Å². The van der Waals surface area contributed by atoms with E-state index in [4.69, 9.17) is 4.74 Å². The van der Waals surface area contributed by atoms with Gasteiger partial charge >= 0.3 is 0 Å². The summed E-state index contributed by atoms with van der Waals surface area (Å²) in [5, 5.41) is 0.909. The SMILES string of the molecule is COc1ccc(C(C)(C)C)cc1-c1cc2ccccc2nc1F. The first-order valence-electron chi connectivity index (χ1n) is 7.64. The van der Waals surface area contributed by atoms with Crippen molar-refractivity contribution in [1.82, 2.24) is 4.98 Å². The summed E-state index contributed by atoms with van der Waals surface area (Å²) in [6.07, 6.45) is 0. The zero-order valence-corrected chi connectivity index (χ0v) is 13.9. The molecule has 0 amide bonds. The van der Waals surface area contributed by atoms with Crippen LogP contribution < -0.4 is 4.74 Å². The van der Waals surface area contributed by atoms with Crippen LogP contribution in [-0.4, -0.2) is 12.1 Å². The highest BCUT2D eigenvalue weighted by Crippen LogP contribution is 2.36. The number of ether oxygens (including phenoxy) is 1. The van der Waals surface area contributed by atoms with E-state index in [2.05, 4.69) is 25.8 Å². The molecule has 1 heterocycles. The fraction of sp³-hybridized carbons (Fsp3) is 0.250. The molecule has 0 saturated carbocycles. The molecule has 0 unspecified atom stereocenters. The highest BCUT2D eigenvalue weighted by atomic mass is 19.1. The van der Waals surface area contributed by atoms with Gasteiger partial charge in [0.2, 0.25) is 5.95 Å². The first kappa shape index (κ1) is 15.5. The predicted molar refractivity (Wildman–Crippen MR) is 92.4 cm³/mol. The summed E-state index contributed by atoms with van der Waals surface area (Å²) in [4.78, 5) is 4.10. The van der Waals surface area contributed by atoms with E-state index in [9.17, 15) is 4.39 Å². The quantitative estimate of drug-likeness (QED) is 0.596. The Balaban J connectivity index is 2.26. The Hall–Kier alpha value is -2.42. The molecule has 118 valence electrons. The Labute approximate surface area is 135 Å². The van der Waals surface area contributed by atoms with Crippen LogP contribution in [0.2, 0.25) is 0 Å². The lowest BCUT2D eigenvalue weighted by Gasteiger charge is -2.21. The van der Waals surface area contributed by atoms with Crippen molar-refractivity contribution in [3.8, 4) is 16.9 Å². The summed E-state index contributed by atoms with van der Waals surface area (Å²) in [5.74, 6) is 0.169. The number of rotatable bonds is 2. The van der Waals surface area contributed by atoms with Crippen LogP contribution in [0.4, 0.5) is 4.39 Å². The van der Waals surface area contributed by atoms with Gasteiger partial charge in [0.1, 0.15) is 5.75 Å².